The number of esters is 1. The summed E-state index contributed by atoms with van der Waals surface area (Å²) in [6.07, 6.45) is -1.01. The van der Waals surface area contributed by atoms with E-state index in [-0.39, 0.29) is 22.6 Å². The molecule has 5 rings (SSSR count). The van der Waals surface area contributed by atoms with Crippen molar-refractivity contribution in [2.75, 3.05) is 4.90 Å². The Morgan fingerprint density at radius 2 is 1.49 bits per heavy atom. The second-order valence-corrected chi connectivity index (χ2v) is 8.24. The van der Waals surface area contributed by atoms with E-state index in [4.69, 9.17) is 4.74 Å². The van der Waals surface area contributed by atoms with Crippen molar-refractivity contribution >= 4 is 40.2 Å². The highest BCUT2D eigenvalue weighted by Crippen LogP contribution is 2.34. The van der Waals surface area contributed by atoms with Crippen LogP contribution in [0.25, 0.3) is 10.9 Å². The fraction of sp³-hybridized carbons (Fsp3) is 0.107. The first-order chi connectivity index (χ1) is 16.9. The van der Waals surface area contributed by atoms with Gasteiger partial charge < -0.3 is 4.74 Å². The number of Topliss-reactive ketones (excluding diaryl/α,β-unsaturated/α-hetero) is 1. The maximum absolute atomic E-state index is 13.4. The number of pyridine rings is 1. The molecule has 1 aliphatic rings. The predicted octanol–water partition coefficient (Wildman–Crippen LogP) is 4.77. The number of anilines is 1. The van der Waals surface area contributed by atoms with Crippen LogP contribution < -0.4 is 4.90 Å². The third kappa shape index (κ3) is 3.77. The summed E-state index contributed by atoms with van der Waals surface area (Å²) in [6, 6.07) is 21.7. The molecule has 0 saturated heterocycles. The van der Waals surface area contributed by atoms with Gasteiger partial charge in [-0.3, -0.25) is 19.4 Å². The lowest BCUT2D eigenvalue weighted by Gasteiger charge is -2.16. The Hall–Kier alpha value is -4.65. The van der Waals surface area contributed by atoms with Gasteiger partial charge in [-0.05, 0) is 38.1 Å². The number of fused-ring (bicyclic) bond motifs is 3. The quantitative estimate of drug-likeness (QED) is 0.240. The third-order valence-electron chi connectivity index (χ3n) is 5.96. The van der Waals surface area contributed by atoms with Gasteiger partial charge in [0.05, 0.1) is 33.6 Å². The van der Waals surface area contributed by atoms with E-state index < -0.39 is 23.9 Å². The molecular weight excluding hydrogens is 444 g/mol. The molecule has 7 heteroatoms. The van der Waals surface area contributed by atoms with Crippen molar-refractivity contribution in [3.05, 3.63) is 107 Å². The largest absolute Gasteiger partial charge is 0.451 e. The van der Waals surface area contributed by atoms with E-state index in [1.165, 1.54) is 19.1 Å². The zero-order valence-corrected chi connectivity index (χ0v) is 19.0. The van der Waals surface area contributed by atoms with Crippen molar-refractivity contribution in [3.8, 4) is 0 Å². The van der Waals surface area contributed by atoms with E-state index >= 15 is 0 Å². The first kappa shape index (κ1) is 22.2. The van der Waals surface area contributed by atoms with Crippen LogP contribution in [-0.2, 0) is 4.74 Å². The predicted molar refractivity (Wildman–Crippen MR) is 130 cm³/mol. The molecule has 0 fully saturated rings. The summed E-state index contributed by atoms with van der Waals surface area (Å²) in [5.74, 6) is -2.04. The van der Waals surface area contributed by atoms with Gasteiger partial charge in [0, 0.05) is 10.9 Å². The minimum absolute atomic E-state index is 0.117. The van der Waals surface area contributed by atoms with Crippen LogP contribution in [0.5, 0.6) is 0 Å². The van der Waals surface area contributed by atoms with E-state index in [1.54, 1.807) is 67.6 Å². The summed E-state index contributed by atoms with van der Waals surface area (Å²) in [4.78, 5) is 57.5. The van der Waals surface area contributed by atoms with Gasteiger partial charge in [0.1, 0.15) is 0 Å². The zero-order valence-electron chi connectivity index (χ0n) is 19.0. The van der Waals surface area contributed by atoms with Crippen LogP contribution in [-0.4, -0.2) is 34.7 Å². The summed E-state index contributed by atoms with van der Waals surface area (Å²) in [6.45, 7) is 3.20. The van der Waals surface area contributed by atoms with Crippen molar-refractivity contribution in [3.63, 3.8) is 0 Å². The summed E-state index contributed by atoms with van der Waals surface area (Å²) >= 11 is 0. The molecule has 0 saturated carbocycles. The molecule has 3 aromatic carbocycles. The Morgan fingerprint density at radius 3 is 2.26 bits per heavy atom. The molecule has 0 unspecified atom stereocenters. The number of ketones is 1. The number of carbonyl (C=O) groups excluding carboxylic acids is 4. The van der Waals surface area contributed by atoms with Crippen LogP contribution in [0.3, 0.4) is 0 Å². The lowest BCUT2D eigenvalue weighted by atomic mass is 10.0. The number of aromatic nitrogens is 1. The van der Waals surface area contributed by atoms with Gasteiger partial charge in [-0.1, -0.05) is 54.6 Å². The Labute approximate surface area is 201 Å². The highest BCUT2D eigenvalue weighted by molar-refractivity contribution is 6.37. The van der Waals surface area contributed by atoms with Crippen LogP contribution in [0.1, 0.15) is 54.0 Å². The van der Waals surface area contributed by atoms with Gasteiger partial charge in [-0.2, -0.15) is 0 Å². The number of para-hydroxylation sites is 1. The molecule has 0 aliphatic carbocycles. The Kier molecular flexibility index (Phi) is 5.45. The second-order valence-electron chi connectivity index (χ2n) is 8.24. The van der Waals surface area contributed by atoms with E-state index in [0.29, 0.717) is 27.7 Å². The fourth-order valence-electron chi connectivity index (χ4n) is 4.26. The molecule has 35 heavy (non-hydrogen) atoms. The molecule has 1 aliphatic heterocycles. The molecule has 1 aromatic heterocycles. The molecule has 172 valence electrons. The smallest absolute Gasteiger partial charge is 0.338 e. The molecular formula is C28H20N2O5. The maximum Gasteiger partial charge on any atom is 0.338 e. The van der Waals surface area contributed by atoms with Crippen molar-refractivity contribution in [1.29, 1.82) is 0 Å². The van der Waals surface area contributed by atoms with Gasteiger partial charge in [-0.15, -0.1) is 0 Å². The molecule has 1 atom stereocenters. The summed E-state index contributed by atoms with van der Waals surface area (Å²) in [5, 5.41) is 0.595. The highest BCUT2D eigenvalue weighted by Gasteiger charge is 2.40. The molecule has 0 N–H and O–H groups in total. The topological polar surface area (TPSA) is 93.6 Å². The van der Waals surface area contributed by atoms with E-state index in [1.807, 2.05) is 6.07 Å². The van der Waals surface area contributed by atoms with Gasteiger partial charge in [0.2, 0.25) is 5.78 Å². The average Bonchev–Trinajstić information content (AvgIpc) is 3.15. The van der Waals surface area contributed by atoms with Crippen LogP contribution >= 0.6 is 0 Å². The number of benzene rings is 3. The molecule has 4 aromatic rings. The minimum Gasteiger partial charge on any atom is -0.451 e. The van der Waals surface area contributed by atoms with E-state index in [0.717, 1.165) is 4.90 Å². The standard InChI is InChI=1S/C28H20N2O5/c1-16-23-24(21-13-6-7-14-22(21)29-16)27(33)30(26(23)32)20-12-8-11-19(15-20)28(34)35-17(2)25(31)18-9-4-3-5-10-18/h3-15,17H,1-2H3/t17-/m1/s1. The van der Waals surface area contributed by atoms with Crippen molar-refractivity contribution in [1.82, 2.24) is 4.98 Å². The van der Waals surface area contributed by atoms with Gasteiger partial charge >= 0.3 is 5.97 Å². The summed E-state index contributed by atoms with van der Waals surface area (Å²) in [7, 11) is 0. The number of ether oxygens (including phenoxy) is 1. The molecule has 0 spiro atoms. The first-order valence-electron chi connectivity index (χ1n) is 11.0. The summed E-state index contributed by atoms with van der Waals surface area (Å²) < 4.78 is 5.38. The zero-order chi connectivity index (χ0) is 24.7. The van der Waals surface area contributed by atoms with Gasteiger partial charge in [0.15, 0.2) is 6.10 Å². The van der Waals surface area contributed by atoms with Crippen LogP contribution in [0.4, 0.5) is 5.69 Å². The lowest BCUT2D eigenvalue weighted by molar-refractivity contribution is 0.0318. The summed E-state index contributed by atoms with van der Waals surface area (Å²) in [5.41, 5.74) is 2.42. The number of rotatable bonds is 5. The molecule has 2 amide bonds. The lowest BCUT2D eigenvalue weighted by Crippen LogP contribution is -2.30. The molecule has 7 nitrogen and oxygen atoms in total. The third-order valence-corrected chi connectivity index (χ3v) is 5.96. The Bertz CT molecular complexity index is 1530. The Balaban J connectivity index is 1.44. The van der Waals surface area contributed by atoms with Gasteiger partial charge in [-0.25, -0.2) is 9.69 Å². The van der Waals surface area contributed by atoms with E-state index in [2.05, 4.69) is 4.98 Å². The van der Waals surface area contributed by atoms with E-state index in [9.17, 15) is 19.2 Å². The number of imide groups is 1. The first-order valence-corrected chi connectivity index (χ1v) is 11.0. The van der Waals surface area contributed by atoms with Gasteiger partial charge in [0.25, 0.3) is 11.8 Å². The monoisotopic (exact) mass is 464 g/mol. The van der Waals surface area contributed by atoms with Crippen molar-refractivity contribution < 1.29 is 23.9 Å². The number of nitrogens with zero attached hydrogens (tertiary/aromatic N) is 2. The Morgan fingerprint density at radius 1 is 0.829 bits per heavy atom. The second kappa shape index (κ2) is 8.61. The van der Waals surface area contributed by atoms with Crippen LogP contribution in [0.2, 0.25) is 0 Å². The number of aryl methyl sites for hydroxylation is 1. The van der Waals surface area contributed by atoms with Crippen LogP contribution in [0.15, 0.2) is 78.9 Å². The fourth-order valence-corrected chi connectivity index (χ4v) is 4.26. The van der Waals surface area contributed by atoms with Crippen LogP contribution in [0, 0.1) is 6.92 Å². The number of hydrogen-bond donors (Lipinski definition) is 0. The normalized spacial score (nSPS) is 13.6. The molecule has 0 radical (unpaired) electrons. The highest BCUT2D eigenvalue weighted by atomic mass is 16.5. The van der Waals surface area contributed by atoms with Crippen molar-refractivity contribution in [2.45, 2.75) is 20.0 Å². The molecule has 2 heterocycles. The van der Waals surface area contributed by atoms with Crippen molar-refractivity contribution in [2.24, 2.45) is 0 Å². The minimum atomic E-state index is -1.01. The number of amides is 2. The maximum atomic E-state index is 13.4. The average molecular weight is 464 g/mol. The number of hydrogen-bond acceptors (Lipinski definition) is 6. The number of carbonyl (C=O) groups is 4. The SMILES string of the molecule is Cc1nc2ccccc2c2c1C(=O)N(c1cccc(C(=O)O[C@H](C)C(=O)c3ccccc3)c1)C2=O. The molecule has 0 bridgehead atoms.